The molecule has 34 heavy (non-hydrogen) atoms. The van der Waals surface area contributed by atoms with E-state index >= 15 is 0 Å². The van der Waals surface area contributed by atoms with E-state index in [4.69, 9.17) is 4.74 Å². The first-order valence-corrected chi connectivity index (χ1v) is 13.7. The lowest BCUT2D eigenvalue weighted by Crippen LogP contribution is -2.44. The van der Waals surface area contributed by atoms with Crippen molar-refractivity contribution in [3.8, 4) is 0 Å². The summed E-state index contributed by atoms with van der Waals surface area (Å²) in [5.74, 6) is -0.942. The number of hydrogen-bond acceptors (Lipinski definition) is 6. The van der Waals surface area contributed by atoms with Gasteiger partial charge >= 0.3 is 0 Å². The quantitative estimate of drug-likeness (QED) is 0.579. The van der Waals surface area contributed by atoms with Crippen LogP contribution in [0.5, 0.6) is 0 Å². The molecule has 8 nitrogen and oxygen atoms in total. The number of carbonyl (C=O) groups excluding carboxylic acids is 2. The van der Waals surface area contributed by atoms with Crippen molar-refractivity contribution in [2.24, 2.45) is 11.8 Å². The standard InChI is InChI=1S/C25H37N3O5S/c1-6-28(19-8-10-33-11-9-19)23-14-20(34(31,32)7-2)13-21(18(23)5)24(29)26-15-22-16(3)12-17(4)27-25(22)30/h12-14,16,19,22H,6-11,15H2,1-5H3,(H,26,29)(H,27,30). The van der Waals surface area contributed by atoms with Gasteiger partial charge in [-0.05, 0) is 57.2 Å². The predicted molar refractivity (Wildman–Crippen MR) is 133 cm³/mol. The van der Waals surface area contributed by atoms with Gasteiger partial charge in [-0.2, -0.15) is 0 Å². The number of carbonyl (C=O) groups is 2. The Kier molecular flexibility index (Phi) is 8.41. The Bertz CT molecular complexity index is 1060. The minimum atomic E-state index is -3.53. The number of benzene rings is 1. The van der Waals surface area contributed by atoms with Crippen LogP contribution in [0.3, 0.4) is 0 Å². The van der Waals surface area contributed by atoms with Crippen molar-refractivity contribution in [3.63, 3.8) is 0 Å². The highest BCUT2D eigenvalue weighted by atomic mass is 32.2. The molecular weight excluding hydrogens is 454 g/mol. The van der Waals surface area contributed by atoms with E-state index in [1.807, 2.05) is 33.8 Å². The van der Waals surface area contributed by atoms with Crippen LogP contribution >= 0.6 is 0 Å². The number of allylic oxidation sites excluding steroid dienone is 2. The summed E-state index contributed by atoms with van der Waals surface area (Å²) >= 11 is 0. The van der Waals surface area contributed by atoms with E-state index < -0.39 is 9.84 Å². The zero-order valence-corrected chi connectivity index (χ0v) is 21.6. The third-order valence-electron chi connectivity index (χ3n) is 6.91. The van der Waals surface area contributed by atoms with Crippen LogP contribution in [0.2, 0.25) is 0 Å². The molecule has 2 atom stereocenters. The lowest BCUT2D eigenvalue weighted by molar-refractivity contribution is -0.125. The smallest absolute Gasteiger partial charge is 0.251 e. The van der Waals surface area contributed by atoms with Gasteiger partial charge in [-0.3, -0.25) is 9.59 Å². The van der Waals surface area contributed by atoms with E-state index in [-0.39, 0.29) is 46.9 Å². The number of amides is 2. The first-order valence-electron chi connectivity index (χ1n) is 12.1. The molecule has 0 aliphatic carbocycles. The molecule has 188 valence electrons. The molecule has 2 aliphatic heterocycles. The zero-order chi connectivity index (χ0) is 25.0. The van der Waals surface area contributed by atoms with E-state index in [1.165, 1.54) is 6.07 Å². The maximum atomic E-state index is 13.3. The third-order valence-corrected chi connectivity index (χ3v) is 8.62. The number of nitrogens with one attached hydrogen (secondary N) is 2. The van der Waals surface area contributed by atoms with Crippen LogP contribution in [0.25, 0.3) is 0 Å². The lowest BCUT2D eigenvalue weighted by atomic mass is 9.89. The monoisotopic (exact) mass is 491 g/mol. The summed E-state index contributed by atoms with van der Waals surface area (Å²) in [6.07, 6.45) is 3.67. The molecule has 9 heteroatoms. The molecule has 1 fully saturated rings. The molecule has 0 aromatic heterocycles. The van der Waals surface area contributed by atoms with Crippen molar-refractivity contribution in [2.75, 3.05) is 37.0 Å². The van der Waals surface area contributed by atoms with Crippen LogP contribution < -0.4 is 15.5 Å². The molecule has 2 N–H and O–H groups in total. The summed E-state index contributed by atoms with van der Waals surface area (Å²) in [5, 5.41) is 5.70. The summed E-state index contributed by atoms with van der Waals surface area (Å²) in [5.41, 5.74) is 2.63. The highest BCUT2D eigenvalue weighted by molar-refractivity contribution is 7.91. The largest absolute Gasteiger partial charge is 0.381 e. The number of hydrogen-bond donors (Lipinski definition) is 2. The van der Waals surface area contributed by atoms with Gasteiger partial charge in [0.25, 0.3) is 5.91 Å². The van der Waals surface area contributed by atoms with Crippen LogP contribution in [-0.4, -0.2) is 58.3 Å². The second-order valence-electron chi connectivity index (χ2n) is 9.16. The van der Waals surface area contributed by atoms with Crippen LogP contribution in [0.4, 0.5) is 5.69 Å². The second-order valence-corrected chi connectivity index (χ2v) is 11.4. The fourth-order valence-electron chi connectivity index (χ4n) is 4.83. The van der Waals surface area contributed by atoms with Crippen LogP contribution in [-0.2, 0) is 19.4 Å². The lowest BCUT2D eigenvalue weighted by Gasteiger charge is -2.37. The van der Waals surface area contributed by atoms with E-state index in [2.05, 4.69) is 15.5 Å². The fraction of sp³-hybridized carbons (Fsp3) is 0.600. The summed E-state index contributed by atoms with van der Waals surface area (Å²) in [4.78, 5) is 28.0. The molecule has 1 aromatic rings. The molecule has 0 radical (unpaired) electrons. The van der Waals surface area contributed by atoms with E-state index in [0.717, 1.165) is 29.8 Å². The number of ether oxygens (including phenoxy) is 1. The van der Waals surface area contributed by atoms with Gasteiger partial charge in [0.1, 0.15) is 0 Å². The molecule has 3 rings (SSSR count). The number of anilines is 1. The molecule has 0 saturated carbocycles. The van der Waals surface area contributed by atoms with Gasteiger partial charge in [0, 0.05) is 49.3 Å². The Hall–Kier alpha value is -2.39. The summed E-state index contributed by atoms with van der Waals surface area (Å²) in [7, 11) is -3.53. The van der Waals surface area contributed by atoms with Crippen molar-refractivity contribution < 1.29 is 22.7 Å². The SMILES string of the molecule is CCN(c1cc(S(=O)(=O)CC)cc(C(=O)NCC2C(=O)NC(C)=CC2C)c1C)C1CCOCC1. The Morgan fingerprint density at radius 2 is 1.88 bits per heavy atom. The van der Waals surface area contributed by atoms with Crippen molar-refractivity contribution in [3.05, 3.63) is 35.0 Å². The highest BCUT2D eigenvalue weighted by Gasteiger charge is 2.30. The summed E-state index contributed by atoms with van der Waals surface area (Å²) in [6.45, 7) is 11.5. The van der Waals surface area contributed by atoms with Gasteiger partial charge in [0.05, 0.1) is 16.6 Å². The van der Waals surface area contributed by atoms with Gasteiger partial charge in [-0.15, -0.1) is 0 Å². The predicted octanol–water partition coefficient (Wildman–Crippen LogP) is 2.81. The Labute approximate surface area is 203 Å². The molecule has 1 aromatic carbocycles. The van der Waals surface area contributed by atoms with Gasteiger partial charge < -0.3 is 20.3 Å². The van der Waals surface area contributed by atoms with Gasteiger partial charge in [0.15, 0.2) is 9.84 Å². The van der Waals surface area contributed by atoms with Crippen LogP contribution in [0, 0.1) is 18.8 Å². The topological polar surface area (TPSA) is 105 Å². The minimum absolute atomic E-state index is 0.0124. The second kappa shape index (κ2) is 10.9. The fourth-order valence-corrected chi connectivity index (χ4v) is 5.75. The van der Waals surface area contributed by atoms with Crippen LogP contribution in [0.15, 0.2) is 28.8 Å². The maximum Gasteiger partial charge on any atom is 0.251 e. The Morgan fingerprint density at radius 1 is 1.21 bits per heavy atom. The molecule has 2 amide bonds. The van der Waals surface area contributed by atoms with Crippen LogP contribution in [0.1, 0.15) is 56.5 Å². The van der Waals surface area contributed by atoms with Gasteiger partial charge in [0.2, 0.25) is 5.91 Å². The van der Waals surface area contributed by atoms with E-state index in [1.54, 1.807) is 13.0 Å². The van der Waals surface area contributed by atoms with Crippen molar-refractivity contribution in [2.45, 2.75) is 58.4 Å². The average molecular weight is 492 g/mol. The third kappa shape index (κ3) is 5.63. The molecule has 0 spiro atoms. The van der Waals surface area contributed by atoms with Crippen molar-refractivity contribution in [1.82, 2.24) is 10.6 Å². The van der Waals surface area contributed by atoms with Crippen molar-refractivity contribution >= 4 is 27.3 Å². The number of nitrogens with zero attached hydrogens (tertiary/aromatic N) is 1. The molecule has 2 aliphatic rings. The molecule has 2 unspecified atom stereocenters. The average Bonchev–Trinajstić information content (AvgIpc) is 2.80. The molecular formula is C25H37N3O5S. The Morgan fingerprint density at radius 3 is 2.47 bits per heavy atom. The van der Waals surface area contributed by atoms with E-state index in [9.17, 15) is 18.0 Å². The Balaban J connectivity index is 1.95. The normalized spacial score (nSPS) is 21.6. The van der Waals surface area contributed by atoms with E-state index in [0.29, 0.717) is 25.3 Å². The summed E-state index contributed by atoms with van der Waals surface area (Å²) in [6, 6.07) is 3.39. The summed E-state index contributed by atoms with van der Waals surface area (Å²) < 4.78 is 31.1. The van der Waals surface area contributed by atoms with Gasteiger partial charge in [-0.1, -0.05) is 19.9 Å². The molecule has 2 heterocycles. The van der Waals surface area contributed by atoms with Crippen molar-refractivity contribution in [1.29, 1.82) is 0 Å². The number of rotatable bonds is 8. The first-order chi connectivity index (χ1) is 16.1. The van der Waals surface area contributed by atoms with Gasteiger partial charge in [-0.25, -0.2) is 8.42 Å². The minimum Gasteiger partial charge on any atom is -0.381 e. The zero-order valence-electron chi connectivity index (χ0n) is 20.8. The first kappa shape index (κ1) is 26.2. The molecule has 0 bridgehead atoms. The maximum absolute atomic E-state index is 13.3. The highest BCUT2D eigenvalue weighted by Crippen LogP contribution is 2.32. The number of sulfone groups is 1. The molecule has 1 saturated heterocycles.